The van der Waals surface area contributed by atoms with E-state index in [0.717, 1.165) is 32.8 Å². The van der Waals surface area contributed by atoms with Crippen LogP contribution in [0, 0.1) is 0 Å². The fourth-order valence-electron chi connectivity index (χ4n) is 2.27. The van der Waals surface area contributed by atoms with E-state index in [-0.39, 0.29) is 16.8 Å². The molecule has 10 heteroatoms. The van der Waals surface area contributed by atoms with Crippen LogP contribution in [-0.2, 0) is 9.53 Å². The third-order valence-corrected chi connectivity index (χ3v) is 3.76. The average Bonchev–Trinajstić information content (AvgIpc) is 2.60. The third kappa shape index (κ3) is 7.59. The quantitative estimate of drug-likeness (QED) is 0.411. The summed E-state index contributed by atoms with van der Waals surface area (Å²) in [4.78, 5) is 13.1. The van der Waals surface area contributed by atoms with Crippen LogP contribution in [0.2, 0.25) is 0 Å². The molecule has 0 saturated carbocycles. The van der Waals surface area contributed by atoms with Gasteiger partial charge in [0.1, 0.15) is 18.8 Å². The fourth-order valence-corrected chi connectivity index (χ4v) is 2.44. The SMILES string of the molecule is O=C(CC[NH+]1CCOCC1)NNC(=S)Nc1ccc(OC(F)F)cc1. The van der Waals surface area contributed by atoms with E-state index >= 15 is 0 Å². The topological polar surface area (TPSA) is 76.1 Å². The zero-order chi connectivity index (χ0) is 18.1. The average molecular weight is 375 g/mol. The number of hydrazine groups is 1. The van der Waals surface area contributed by atoms with Crippen molar-refractivity contribution in [3.05, 3.63) is 24.3 Å². The molecule has 0 spiro atoms. The van der Waals surface area contributed by atoms with Gasteiger partial charge in [-0.2, -0.15) is 8.78 Å². The number of morpholine rings is 1. The molecule has 1 heterocycles. The van der Waals surface area contributed by atoms with Crippen molar-refractivity contribution in [1.29, 1.82) is 0 Å². The van der Waals surface area contributed by atoms with Gasteiger partial charge in [0.05, 0.1) is 26.2 Å². The first-order valence-corrected chi connectivity index (χ1v) is 8.26. The Bertz CT molecular complexity index is 568. The number of alkyl halides is 2. The predicted octanol–water partition coefficient (Wildman–Crippen LogP) is -0.0892. The highest BCUT2D eigenvalue weighted by Gasteiger charge is 2.15. The number of quaternary nitrogens is 1. The summed E-state index contributed by atoms with van der Waals surface area (Å²) in [5.41, 5.74) is 5.69. The summed E-state index contributed by atoms with van der Waals surface area (Å²) in [5.74, 6) is -0.109. The first kappa shape index (κ1) is 19.3. The Hall–Kier alpha value is -2.04. The number of halogens is 2. The lowest BCUT2D eigenvalue weighted by Crippen LogP contribution is -3.14. The van der Waals surface area contributed by atoms with Gasteiger partial charge in [0, 0.05) is 5.69 Å². The molecule has 1 fully saturated rings. The van der Waals surface area contributed by atoms with Gasteiger partial charge in [-0.1, -0.05) is 0 Å². The maximum atomic E-state index is 12.1. The molecule has 0 aromatic heterocycles. The minimum absolute atomic E-state index is 0.0540. The van der Waals surface area contributed by atoms with Crippen molar-refractivity contribution in [1.82, 2.24) is 10.9 Å². The molecule has 0 radical (unpaired) electrons. The van der Waals surface area contributed by atoms with E-state index < -0.39 is 6.61 Å². The number of anilines is 1. The van der Waals surface area contributed by atoms with Crippen LogP contribution in [0.3, 0.4) is 0 Å². The summed E-state index contributed by atoms with van der Waals surface area (Å²) in [6, 6.07) is 5.85. The second-order valence-corrected chi connectivity index (χ2v) is 5.80. The van der Waals surface area contributed by atoms with Crippen molar-refractivity contribution >= 4 is 28.9 Å². The molecule has 0 aliphatic carbocycles. The molecule has 25 heavy (non-hydrogen) atoms. The number of ether oxygens (including phenoxy) is 2. The molecule has 1 aliphatic rings. The maximum absolute atomic E-state index is 12.1. The van der Waals surface area contributed by atoms with E-state index in [4.69, 9.17) is 17.0 Å². The molecule has 7 nitrogen and oxygen atoms in total. The molecule has 1 aromatic carbocycles. The van der Waals surface area contributed by atoms with Crippen molar-refractivity contribution in [2.75, 3.05) is 38.2 Å². The van der Waals surface area contributed by atoms with Crippen LogP contribution in [0.15, 0.2) is 24.3 Å². The van der Waals surface area contributed by atoms with E-state index in [1.165, 1.54) is 29.2 Å². The van der Waals surface area contributed by atoms with E-state index in [1.807, 2.05) is 0 Å². The first-order valence-electron chi connectivity index (χ1n) is 7.85. The Morgan fingerprint density at radius 2 is 1.92 bits per heavy atom. The van der Waals surface area contributed by atoms with E-state index in [0.29, 0.717) is 12.1 Å². The smallest absolute Gasteiger partial charge is 0.387 e. The van der Waals surface area contributed by atoms with Crippen LogP contribution in [0.1, 0.15) is 6.42 Å². The van der Waals surface area contributed by atoms with Gasteiger partial charge in [0.25, 0.3) is 0 Å². The molecule has 0 atom stereocenters. The van der Waals surface area contributed by atoms with Crippen LogP contribution in [0.5, 0.6) is 5.75 Å². The minimum Gasteiger partial charge on any atom is -0.435 e. The zero-order valence-corrected chi connectivity index (χ0v) is 14.3. The van der Waals surface area contributed by atoms with Crippen molar-refractivity contribution in [3.8, 4) is 5.75 Å². The molecular weight excluding hydrogens is 354 g/mol. The maximum Gasteiger partial charge on any atom is 0.387 e. The third-order valence-electron chi connectivity index (χ3n) is 3.56. The highest BCUT2D eigenvalue weighted by molar-refractivity contribution is 7.80. The summed E-state index contributed by atoms with van der Waals surface area (Å²) >= 11 is 5.06. The van der Waals surface area contributed by atoms with Gasteiger partial charge in [-0.05, 0) is 36.5 Å². The Labute approximate surface area is 149 Å². The molecule has 1 saturated heterocycles. The molecule has 1 aliphatic heterocycles. The normalized spacial score (nSPS) is 14.8. The summed E-state index contributed by atoms with van der Waals surface area (Å²) in [6.07, 6.45) is 0.380. The number of carbonyl (C=O) groups is 1. The Morgan fingerprint density at radius 3 is 2.56 bits per heavy atom. The predicted molar refractivity (Wildman–Crippen MR) is 91.6 cm³/mol. The van der Waals surface area contributed by atoms with Gasteiger partial charge in [0.15, 0.2) is 5.11 Å². The summed E-state index contributed by atoms with van der Waals surface area (Å²) in [6.45, 7) is 1.14. The minimum atomic E-state index is -2.86. The highest BCUT2D eigenvalue weighted by atomic mass is 32.1. The number of thiocarbonyl (C=S) groups is 1. The standard InChI is InChI=1S/C15H20F2N4O3S/c16-14(17)24-12-3-1-11(2-4-12)18-15(25)20-19-13(22)5-6-21-7-9-23-10-8-21/h1-4,14H,5-10H2,(H,19,22)(H2,18,20,25)/p+1. The van der Waals surface area contributed by atoms with Gasteiger partial charge in [-0.3, -0.25) is 15.6 Å². The van der Waals surface area contributed by atoms with Crippen molar-refractivity contribution in [3.63, 3.8) is 0 Å². The summed E-state index contributed by atoms with van der Waals surface area (Å²) in [7, 11) is 0. The monoisotopic (exact) mass is 375 g/mol. The molecule has 4 N–H and O–H groups in total. The van der Waals surface area contributed by atoms with Crippen LogP contribution in [0.4, 0.5) is 14.5 Å². The van der Waals surface area contributed by atoms with Gasteiger partial charge >= 0.3 is 6.61 Å². The number of hydrogen-bond donors (Lipinski definition) is 4. The summed E-state index contributed by atoms with van der Waals surface area (Å²) < 4.78 is 33.7. The van der Waals surface area contributed by atoms with Gasteiger partial charge in [0.2, 0.25) is 5.91 Å². The lowest BCUT2D eigenvalue weighted by Gasteiger charge is -2.23. The van der Waals surface area contributed by atoms with E-state index in [9.17, 15) is 13.6 Å². The number of amides is 1. The van der Waals surface area contributed by atoms with Gasteiger partial charge in [-0.15, -0.1) is 0 Å². The lowest BCUT2D eigenvalue weighted by molar-refractivity contribution is -0.907. The largest absolute Gasteiger partial charge is 0.435 e. The van der Waals surface area contributed by atoms with Gasteiger partial charge in [-0.25, -0.2) is 0 Å². The highest BCUT2D eigenvalue weighted by Crippen LogP contribution is 2.17. The van der Waals surface area contributed by atoms with Gasteiger partial charge < -0.3 is 19.7 Å². The Morgan fingerprint density at radius 1 is 1.24 bits per heavy atom. The number of hydrogen-bond acceptors (Lipinski definition) is 4. The second kappa shape index (κ2) is 10.1. The number of benzene rings is 1. The van der Waals surface area contributed by atoms with Crippen LogP contribution < -0.4 is 25.8 Å². The molecule has 1 amide bonds. The van der Waals surface area contributed by atoms with E-state index in [2.05, 4.69) is 20.9 Å². The number of nitrogens with one attached hydrogen (secondary N) is 4. The number of rotatable bonds is 6. The molecule has 138 valence electrons. The van der Waals surface area contributed by atoms with Crippen LogP contribution >= 0.6 is 12.2 Å². The molecular formula is C15H21F2N4O3S+. The van der Waals surface area contributed by atoms with Crippen LogP contribution in [-0.4, -0.2) is 50.5 Å². The zero-order valence-electron chi connectivity index (χ0n) is 13.5. The molecule has 0 unspecified atom stereocenters. The van der Waals surface area contributed by atoms with Crippen molar-refractivity contribution < 1.29 is 27.9 Å². The van der Waals surface area contributed by atoms with Crippen molar-refractivity contribution in [2.24, 2.45) is 0 Å². The van der Waals surface area contributed by atoms with Crippen LogP contribution in [0.25, 0.3) is 0 Å². The molecule has 0 bridgehead atoms. The summed E-state index contributed by atoms with van der Waals surface area (Å²) in [5, 5.41) is 3.01. The Balaban J connectivity index is 1.64. The fraction of sp³-hybridized carbons (Fsp3) is 0.467. The number of carbonyl (C=O) groups excluding carboxylic acids is 1. The second-order valence-electron chi connectivity index (χ2n) is 5.39. The lowest BCUT2D eigenvalue weighted by atomic mass is 10.3. The molecule has 2 rings (SSSR count). The molecule has 1 aromatic rings. The Kier molecular flexibility index (Phi) is 7.76. The van der Waals surface area contributed by atoms with Crippen molar-refractivity contribution in [2.45, 2.75) is 13.0 Å². The first-order chi connectivity index (χ1) is 12.0. The van der Waals surface area contributed by atoms with E-state index in [1.54, 1.807) is 0 Å².